The predicted molar refractivity (Wildman–Crippen MR) is 96.7 cm³/mol. The van der Waals surface area contributed by atoms with Crippen molar-refractivity contribution in [3.63, 3.8) is 0 Å². The fourth-order valence-electron chi connectivity index (χ4n) is 1.25. The molecule has 1 aromatic carbocycles. The molecule has 0 spiro atoms. The second-order valence-electron chi connectivity index (χ2n) is 3.49. The van der Waals surface area contributed by atoms with E-state index in [2.05, 4.69) is 74.4 Å². The Hall–Kier alpha value is 0.580. The van der Waals surface area contributed by atoms with Crippen molar-refractivity contribution >= 4 is 73.7 Å². The van der Waals surface area contributed by atoms with Crippen LogP contribution in [0.15, 0.2) is 24.8 Å². The van der Waals surface area contributed by atoms with Crippen LogP contribution < -0.4 is 5.32 Å². The fraction of sp³-hybridized carbons (Fsp3) is 0.250. The molecule has 0 fully saturated rings. The molecule has 1 rings (SSSR count). The molecule has 1 aromatic rings. The maximum atomic E-state index is 11.9. The molecular formula is C12H13I3NO2+. The van der Waals surface area contributed by atoms with E-state index >= 15 is 0 Å². The molecule has 18 heavy (non-hydrogen) atoms. The number of hydrogen-bond acceptors (Lipinski definition) is 2. The van der Waals surface area contributed by atoms with Gasteiger partial charge in [-0.2, -0.15) is 0 Å². The lowest BCUT2D eigenvalue weighted by Gasteiger charge is -2.07. The number of nitrogens with two attached hydrogens (primary N) is 1. The summed E-state index contributed by atoms with van der Waals surface area (Å²) in [4.78, 5) is 11.9. The third-order valence-corrected chi connectivity index (χ3v) is 5.77. The van der Waals surface area contributed by atoms with Crippen LogP contribution in [0.1, 0.15) is 10.4 Å². The van der Waals surface area contributed by atoms with E-state index in [0.29, 0.717) is 12.2 Å². The first-order valence-corrected chi connectivity index (χ1v) is 8.54. The summed E-state index contributed by atoms with van der Waals surface area (Å²) >= 11 is 6.61. The lowest BCUT2D eigenvalue weighted by atomic mass is 10.2. The number of rotatable bonds is 6. The second-order valence-corrected chi connectivity index (χ2v) is 6.97. The van der Waals surface area contributed by atoms with E-state index in [1.165, 1.54) is 0 Å². The normalized spacial score (nSPS) is 10.2. The summed E-state index contributed by atoms with van der Waals surface area (Å²) < 4.78 is 8.32. The van der Waals surface area contributed by atoms with Crippen LogP contribution in [0.25, 0.3) is 0 Å². The van der Waals surface area contributed by atoms with Crippen LogP contribution >= 0.6 is 67.8 Å². The Kier molecular flexibility index (Phi) is 8.03. The predicted octanol–water partition coefficient (Wildman–Crippen LogP) is 2.41. The van der Waals surface area contributed by atoms with Gasteiger partial charge in [0.05, 0.1) is 12.1 Å². The number of benzene rings is 1. The maximum absolute atomic E-state index is 11.9. The third-order valence-electron chi connectivity index (χ3n) is 2.10. The zero-order chi connectivity index (χ0) is 13.5. The van der Waals surface area contributed by atoms with Gasteiger partial charge in [-0.25, -0.2) is 4.79 Å². The molecule has 0 heterocycles. The van der Waals surface area contributed by atoms with Gasteiger partial charge in [-0.05, 0) is 86.0 Å². The van der Waals surface area contributed by atoms with Crippen molar-refractivity contribution < 1.29 is 14.8 Å². The van der Waals surface area contributed by atoms with Crippen molar-refractivity contribution in [2.45, 2.75) is 0 Å². The lowest BCUT2D eigenvalue weighted by Crippen LogP contribution is -2.84. The molecule has 0 saturated heterocycles. The first kappa shape index (κ1) is 16.6. The van der Waals surface area contributed by atoms with Gasteiger partial charge in [-0.1, -0.05) is 6.58 Å². The van der Waals surface area contributed by atoms with Gasteiger partial charge in [-0.15, -0.1) is 0 Å². The number of halogens is 3. The SMILES string of the molecule is C=CC[NH2+]CCOC(=O)c1cc(I)cc(I)c1I. The largest absolute Gasteiger partial charge is 0.456 e. The fourth-order valence-corrected chi connectivity index (χ4v) is 3.63. The molecule has 0 aromatic heterocycles. The van der Waals surface area contributed by atoms with Gasteiger partial charge in [0.15, 0.2) is 0 Å². The smallest absolute Gasteiger partial charge is 0.339 e. The van der Waals surface area contributed by atoms with Gasteiger partial charge in [0.2, 0.25) is 0 Å². The van der Waals surface area contributed by atoms with Crippen molar-refractivity contribution in [2.75, 3.05) is 19.7 Å². The molecular weight excluding hydrogens is 571 g/mol. The summed E-state index contributed by atoms with van der Waals surface area (Å²) in [5.41, 5.74) is 0.649. The second kappa shape index (κ2) is 8.69. The first-order valence-electron chi connectivity index (χ1n) is 5.30. The molecule has 0 aliphatic heterocycles. The Morgan fingerprint density at radius 2 is 2.11 bits per heavy atom. The van der Waals surface area contributed by atoms with Crippen molar-refractivity contribution in [1.82, 2.24) is 0 Å². The standard InChI is InChI=1S/C12H12I3NO2/c1-2-3-16-4-5-18-12(17)9-6-8(13)7-10(14)11(9)15/h2,6-7,16H,1,3-5H2/p+1. The zero-order valence-electron chi connectivity index (χ0n) is 9.59. The van der Waals surface area contributed by atoms with Gasteiger partial charge in [0.25, 0.3) is 0 Å². The van der Waals surface area contributed by atoms with Gasteiger partial charge < -0.3 is 10.1 Å². The Morgan fingerprint density at radius 3 is 2.78 bits per heavy atom. The van der Waals surface area contributed by atoms with Gasteiger partial charge >= 0.3 is 5.97 Å². The van der Waals surface area contributed by atoms with Crippen molar-refractivity contribution in [1.29, 1.82) is 0 Å². The van der Waals surface area contributed by atoms with Crippen LogP contribution in [0, 0.1) is 10.7 Å². The average molecular weight is 584 g/mol. The molecule has 98 valence electrons. The highest BCUT2D eigenvalue weighted by Crippen LogP contribution is 2.23. The Bertz CT molecular complexity index is 449. The minimum Gasteiger partial charge on any atom is -0.456 e. The van der Waals surface area contributed by atoms with Crippen molar-refractivity contribution in [3.05, 3.63) is 41.1 Å². The number of hydrogen-bond donors (Lipinski definition) is 1. The molecule has 0 radical (unpaired) electrons. The highest BCUT2D eigenvalue weighted by molar-refractivity contribution is 14.1. The monoisotopic (exact) mass is 584 g/mol. The van der Waals surface area contributed by atoms with Crippen LogP contribution in [0.4, 0.5) is 0 Å². The van der Waals surface area contributed by atoms with E-state index in [4.69, 9.17) is 4.74 Å². The van der Waals surface area contributed by atoms with Crippen LogP contribution in [-0.4, -0.2) is 25.7 Å². The zero-order valence-corrected chi connectivity index (χ0v) is 16.1. The first-order chi connectivity index (χ1) is 8.56. The van der Waals surface area contributed by atoms with Gasteiger partial charge in [-0.3, -0.25) is 0 Å². The highest BCUT2D eigenvalue weighted by atomic mass is 127. The van der Waals surface area contributed by atoms with E-state index in [-0.39, 0.29) is 5.97 Å². The molecule has 3 nitrogen and oxygen atoms in total. The number of carbonyl (C=O) groups is 1. The molecule has 0 bridgehead atoms. The molecule has 0 saturated carbocycles. The molecule has 6 heteroatoms. The lowest BCUT2D eigenvalue weighted by molar-refractivity contribution is -0.646. The van der Waals surface area contributed by atoms with E-state index in [1.807, 2.05) is 23.5 Å². The van der Waals surface area contributed by atoms with Gasteiger partial charge in [0, 0.05) is 10.7 Å². The molecule has 0 aliphatic carbocycles. The van der Waals surface area contributed by atoms with Gasteiger partial charge in [0.1, 0.15) is 13.2 Å². The summed E-state index contributed by atoms with van der Waals surface area (Å²) in [6.45, 7) is 5.65. The number of ether oxygens (including phenoxy) is 1. The molecule has 0 unspecified atom stereocenters. The molecule has 0 aliphatic rings. The molecule has 2 N–H and O–H groups in total. The number of carbonyl (C=O) groups excluding carboxylic acids is 1. The summed E-state index contributed by atoms with van der Waals surface area (Å²) in [5, 5.41) is 2.05. The molecule has 0 amide bonds. The summed E-state index contributed by atoms with van der Waals surface area (Å²) in [7, 11) is 0. The van der Waals surface area contributed by atoms with Crippen LogP contribution in [0.3, 0.4) is 0 Å². The summed E-state index contributed by atoms with van der Waals surface area (Å²) in [6.07, 6.45) is 1.83. The Balaban J connectivity index is 2.59. The Labute approximate surface area is 148 Å². The van der Waals surface area contributed by atoms with E-state index in [9.17, 15) is 4.79 Å². The quantitative estimate of drug-likeness (QED) is 0.184. The van der Waals surface area contributed by atoms with E-state index in [0.717, 1.165) is 23.8 Å². The highest BCUT2D eigenvalue weighted by Gasteiger charge is 2.14. The third kappa shape index (κ3) is 5.29. The summed E-state index contributed by atoms with van der Waals surface area (Å²) in [6, 6.07) is 3.90. The minimum atomic E-state index is -0.247. The molecule has 0 atom stereocenters. The number of quaternary nitrogens is 1. The van der Waals surface area contributed by atoms with E-state index in [1.54, 1.807) is 0 Å². The van der Waals surface area contributed by atoms with Crippen LogP contribution in [0.2, 0.25) is 0 Å². The van der Waals surface area contributed by atoms with Crippen LogP contribution in [0.5, 0.6) is 0 Å². The summed E-state index contributed by atoms with van der Waals surface area (Å²) in [5.74, 6) is -0.247. The maximum Gasteiger partial charge on any atom is 0.339 e. The van der Waals surface area contributed by atoms with Crippen LogP contribution in [-0.2, 0) is 4.74 Å². The van der Waals surface area contributed by atoms with Crippen molar-refractivity contribution in [3.8, 4) is 0 Å². The number of esters is 1. The topological polar surface area (TPSA) is 42.9 Å². The van der Waals surface area contributed by atoms with Crippen molar-refractivity contribution in [2.24, 2.45) is 0 Å². The van der Waals surface area contributed by atoms with E-state index < -0.39 is 0 Å². The Morgan fingerprint density at radius 1 is 1.39 bits per heavy atom. The minimum absolute atomic E-state index is 0.247. The average Bonchev–Trinajstić information content (AvgIpc) is 2.33.